The third kappa shape index (κ3) is 2.05. The van der Waals surface area contributed by atoms with Crippen LogP contribution in [0.3, 0.4) is 0 Å². The molecule has 1 N–H and O–H groups in total. The summed E-state index contributed by atoms with van der Waals surface area (Å²) in [6.45, 7) is 0. The van der Waals surface area contributed by atoms with E-state index in [1.54, 1.807) is 0 Å². The van der Waals surface area contributed by atoms with Crippen LogP contribution in [0.2, 0.25) is 0 Å². The zero-order chi connectivity index (χ0) is 7.40. The minimum absolute atomic E-state index is 0.596. The molecule has 0 fully saturated rings. The molecule has 0 aromatic carbocycles. The van der Waals surface area contributed by atoms with Crippen LogP contribution in [0.15, 0.2) is 23.8 Å². The van der Waals surface area contributed by atoms with Gasteiger partial charge in [0.15, 0.2) is 0 Å². The summed E-state index contributed by atoms with van der Waals surface area (Å²) in [6, 6.07) is 0. The van der Waals surface area contributed by atoms with E-state index < -0.39 is 5.91 Å². The molecule has 0 heterocycles. The Morgan fingerprint density at radius 1 is 1.70 bits per heavy atom. The average molecular weight is 136 g/mol. The van der Waals surface area contributed by atoms with Crippen LogP contribution in [-0.4, -0.2) is 5.91 Å². The second-order valence-electron chi connectivity index (χ2n) is 2.38. The molecule has 0 unspecified atom stereocenters. The molecule has 1 amide bonds. The van der Waals surface area contributed by atoms with Gasteiger partial charge in [-0.05, 0) is 24.8 Å². The second-order valence-corrected chi connectivity index (χ2v) is 2.38. The number of carbonyl (C=O) groups is 1. The fourth-order valence-electron chi connectivity index (χ4n) is 1.03. The summed E-state index contributed by atoms with van der Waals surface area (Å²) in [4.78, 5) is 10.3. The lowest BCUT2D eigenvalue weighted by atomic mass is 10.0. The maximum atomic E-state index is 10.3. The summed E-state index contributed by atoms with van der Waals surface area (Å²) in [5.74, 6) is -0.596. The number of rotatable bonds is 1. The van der Waals surface area contributed by atoms with Crippen LogP contribution >= 0.6 is 0 Å². The molecule has 0 bridgehead atoms. The van der Waals surface area contributed by atoms with Crippen LogP contribution in [-0.2, 0) is 4.79 Å². The minimum atomic E-state index is -0.596. The van der Waals surface area contributed by atoms with Crippen molar-refractivity contribution in [2.75, 3.05) is 0 Å². The van der Waals surface area contributed by atoms with Gasteiger partial charge < -0.3 is 0 Å². The number of hydrogen-bond acceptors (Lipinski definition) is 1. The highest BCUT2D eigenvalue weighted by Crippen LogP contribution is 2.14. The first-order chi connectivity index (χ1) is 4.79. The zero-order valence-electron chi connectivity index (χ0n) is 5.76. The van der Waals surface area contributed by atoms with Crippen LogP contribution in [0.4, 0.5) is 0 Å². The van der Waals surface area contributed by atoms with Gasteiger partial charge in [0.2, 0.25) is 0 Å². The number of allylic oxidation sites excluding steroid dienone is 3. The molecule has 10 heavy (non-hydrogen) atoms. The highest BCUT2D eigenvalue weighted by Gasteiger charge is 1.99. The molecule has 0 saturated heterocycles. The van der Waals surface area contributed by atoms with Crippen molar-refractivity contribution in [2.24, 2.45) is 0 Å². The molecule has 0 spiro atoms. The summed E-state index contributed by atoms with van der Waals surface area (Å²) in [7, 11) is 0. The normalized spacial score (nSPS) is 21.4. The van der Waals surface area contributed by atoms with Gasteiger partial charge in [0.1, 0.15) is 0 Å². The Kier molecular flexibility index (Phi) is 2.26. The van der Waals surface area contributed by atoms with Gasteiger partial charge in [-0.25, -0.2) is 0 Å². The van der Waals surface area contributed by atoms with Crippen LogP contribution in [0.25, 0.3) is 0 Å². The van der Waals surface area contributed by atoms with E-state index >= 15 is 0 Å². The lowest BCUT2D eigenvalue weighted by Crippen LogP contribution is -1.95. The van der Waals surface area contributed by atoms with Gasteiger partial charge in [-0.15, -0.1) is 0 Å². The standard InChI is InChI=1S/C8H10NO/c9-8(10)6-7-4-2-1-3-5-7/h2,4,6,9H,1,3,5H2/b7-6-. The van der Waals surface area contributed by atoms with Crippen molar-refractivity contribution in [1.29, 1.82) is 0 Å². The van der Waals surface area contributed by atoms with Gasteiger partial charge in [0.25, 0.3) is 5.91 Å². The Morgan fingerprint density at radius 3 is 3.00 bits per heavy atom. The number of nitrogens with one attached hydrogen (secondary N) is 1. The second kappa shape index (κ2) is 3.20. The van der Waals surface area contributed by atoms with Gasteiger partial charge in [-0.3, -0.25) is 10.5 Å². The number of carbonyl (C=O) groups excluding carboxylic acids is 1. The molecule has 0 aromatic heterocycles. The summed E-state index contributed by atoms with van der Waals surface area (Å²) in [6.07, 6.45) is 8.50. The lowest BCUT2D eigenvalue weighted by Gasteiger charge is -2.04. The molecule has 1 radical (unpaired) electrons. The van der Waals surface area contributed by atoms with Crippen molar-refractivity contribution in [3.63, 3.8) is 0 Å². The fourth-order valence-corrected chi connectivity index (χ4v) is 1.03. The molecule has 53 valence electrons. The van der Waals surface area contributed by atoms with E-state index in [2.05, 4.69) is 0 Å². The molecule has 2 heteroatoms. The Labute approximate surface area is 60.4 Å². The first kappa shape index (κ1) is 7.06. The molecular weight excluding hydrogens is 126 g/mol. The van der Waals surface area contributed by atoms with Crippen molar-refractivity contribution >= 4 is 5.91 Å². The monoisotopic (exact) mass is 136 g/mol. The smallest absolute Gasteiger partial charge is 0.262 e. The van der Waals surface area contributed by atoms with Crippen molar-refractivity contribution in [2.45, 2.75) is 19.3 Å². The van der Waals surface area contributed by atoms with Crippen LogP contribution < -0.4 is 5.73 Å². The first-order valence-corrected chi connectivity index (χ1v) is 3.42. The van der Waals surface area contributed by atoms with Crippen molar-refractivity contribution in [3.05, 3.63) is 23.8 Å². The third-order valence-corrected chi connectivity index (χ3v) is 1.48. The topological polar surface area (TPSA) is 40.9 Å². The summed E-state index contributed by atoms with van der Waals surface area (Å²) < 4.78 is 0. The van der Waals surface area contributed by atoms with Crippen molar-refractivity contribution < 1.29 is 4.79 Å². The first-order valence-electron chi connectivity index (χ1n) is 3.42. The quantitative estimate of drug-likeness (QED) is 0.503. The van der Waals surface area contributed by atoms with E-state index in [1.807, 2.05) is 12.2 Å². The number of amides is 1. The predicted octanol–water partition coefficient (Wildman–Crippen LogP) is 1.46. The molecule has 2 nitrogen and oxygen atoms in total. The molecule has 0 saturated carbocycles. The van der Waals surface area contributed by atoms with E-state index in [4.69, 9.17) is 5.73 Å². The van der Waals surface area contributed by atoms with Crippen LogP contribution in [0.1, 0.15) is 19.3 Å². The largest absolute Gasteiger partial charge is 0.268 e. The lowest BCUT2D eigenvalue weighted by molar-refractivity contribution is -0.114. The minimum Gasteiger partial charge on any atom is -0.268 e. The molecule has 1 rings (SSSR count). The summed E-state index contributed by atoms with van der Waals surface area (Å²) in [5, 5.41) is 0. The number of hydrogen-bond donors (Lipinski definition) is 0. The average Bonchev–Trinajstić information content (AvgIpc) is 1.88. The highest BCUT2D eigenvalue weighted by atomic mass is 16.1. The van der Waals surface area contributed by atoms with Gasteiger partial charge in [0.05, 0.1) is 0 Å². The van der Waals surface area contributed by atoms with Gasteiger partial charge >= 0.3 is 0 Å². The molecular formula is C8H10NO. The van der Waals surface area contributed by atoms with E-state index in [0.717, 1.165) is 24.8 Å². The van der Waals surface area contributed by atoms with E-state index in [0.29, 0.717) is 0 Å². The van der Waals surface area contributed by atoms with Crippen molar-refractivity contribution in [1.82, 2.24) is 5.73 Å². The van der Waals surface area contributed by atoms with Crippen LogP contribution in [0.5, 0.6) is 0 Å². The molecule has 0 atom stereocenters. The Hall–Kier alpha value is -1.05. The molecule has 0 aromatic rings. The predicted molar refractivity (Wildman–Crippen MR) is 39.2 cm³/mol. The van der Waals surface area contributed by atoms with E-state index in [-0.39, 0.29) is 0 Å². The summed E-state index contributed by atoms with van der Waals surface area (Å²) in [5.41, 5.74) is 7.66. The maximum Gasteiger partial charge on any atom is 0.262 e. The maximum absolute atomic E-state index is 10.3. The Balaban J connectivity index is 2.62. The summed E-state index contributed by atoms with van der Waals surface area (Å²) >= 11 is 0. The van der Waals surface area contributed by atoms with E-state index in [1.165, 1.54) is 6.08 Å². The van der Waals surface area contributed by atoms with E-state index in [9.17, 15) is 4.79 Å². The van der Waals surface area contributed by atoms with Gasteiger partial charge in [-0.2, -0.15) is 0 Å². The Bertz CT molecular complexity index is 191. The zero-order valence-corrected chi connectivity index (χ0v) is 5.76. The van der Waals surface area contributed by atoms with Gasteiger partial charge in [-0.1, -0.05) is 12.2 Å². The SMILES string of the molecule is [NH]C(=O)/C=C1/C=CCCC1. The Morgan fingerprint density at radius 2 is 2.50 bits per heavy atom. The van der Waals surface area contributed by atoms with Crippen LogP contribution in [0, 0.1) is 0 Å². The third-order valence-electron chi connectivity index (χ3n) is 1.48. The molecule has 1 aliphatic carbocycles. The fraction of sp³-hybridized carbons (Fsp3) is 0.375. The van der Waals surface area contributed by atoms with Gasteiger partial charge in [0, 0.05) is 6.08 Å². The highest BCUT2D eigenvalue weighted by molar-refractivity contribution is 5.86. The molecule has 0 aliphatic heterocycles. The van der Waals surface area contributed by atoms with Crippen molar-refractivity contribution in [3.8, 4) is 0 Å². The molecule has 1 aliphatic rings.